The van der Waals surface area contributed by atoms with Crippen molar-refractivity contribution in [2.45, 2.75) is 13.3 Å². The molecule has 1 aliphatic heterocycles. The third-order valence-corrected chi connectivity index (χ3v) is 5.12. The maximum absolute atomic E-state index is 12.4. The zero-order valence-electron chi connectivity index (χ0n) is 14.9. The molecule has 0 spiro atoms. The molecule has 3 aromatic rings. The lowest BCUT2D eigenvalue weighted by Gasteiger charge is -2.20. The lowest BCUT2D eigenvalue weighted by molar-refractivity contribution is -0.146. The number of amides is 2. The molecular formula is C20H20N4O3. The molecule has 1 unspecified atom stereocenters. The van der Waals surface area contributed by atoms with Crippen LogP contribution in [0.2, 0.25) is 0 Å². The first-order valence-electron chi connectivity index (χ1n) is 8.79. The van der Waals surface area contributed by atoms with Gasteiger partial charge in [-0.2, -0.15) is 5.10 Å². The Balaban J connectivity index is 1.47. The summed E-state index contributed by atoms with van der Waals surface area (Å²) >= 11 is 0. The third-order valence-electron chi connectivity index (χ3n) is 5.12. The SMILES string of the molecule is CC1(C(=O)O)CCN(C(=O)Nc2ccc(-n3ncc4ccccc43)cc2)C1. The number of urea groups is 1. The molecule has 7 heteroatoms. The van der Waals surface area contributed by atoms with Crippen LogP contribution in [0, 0.1) is 5.41 Å². The molecule has 0 aliphatic carbocycles. The summed E-state index contributed by atoms with van der Waals surface area (Å²) in [5.41, 5.74) is 1.69. The Labute approximate surface area is 156 Å². The normalized spacial score (nSPS) is 19.4. The van der Waals surface area contributed by atoms with E-state index in [0.717, 1.165) is 16.6 Å². The van der Waals surface area contributed by atoms with Crippen LogP contribution in [0.1, 0.15) is 13.3 Å². The number of nitrogens with zero attached hydrogens (tertiary/aromatic N) is 3. The maximum Gasteiger partial charge on any atom is 0.321 e. The summed E-state index contributed by atoms with van der Waals surface area (Å²) in [6.45, 7) is 2.32. The van der Waals surface area contributed by atoms with E-state index in [0.29, 0.717) is 18.7 Å². The van der Waals surface area contributed by atoms with E-state index in [1.54, 1.807) is 11.8 Å². The molecule has 2 aromatic carbocycles. The maximum atomic E-state index is 12.4. The molecular weight excluding hydrogens is 344 g/mol. The van der Waals surface area contributed by atoms with Gasteiger partial charge in [-0.25, -0.2) is 9.48 Å². The molecule has 138 valence electrons. The topological polar surface area (TPSA) is 87.5 Å². The lowest BCUT2D eigenvalue weighted by Crippen LogP contribution is -2.37. The van der Waals surface area contributed by atoms with E-state index in [9.17, 15) is 14.7 Å². The Bertz CT molecular complexity index is 1010. The van der Waals surface area contributed by atoms with Crippen molar-refractivity contribution in [1.29, 1.82) is 0 Å². The van der Waals surface area contributed by atoms with Gasteiger partial charge in [0, 0.05) is 24.2 Å². The number of hydrogen-bond acceptors (Lipinski definition) is 3. The molecule has 2 N–H and O–H groups in total. The van der Waals surface area contributed by atoms with Crippen LogP contribution in [0.3, 0.4) is 0 Å². The van der Waals surface area contributed by atoms with Crippen molar-refractivity contribution >= 4 is 28.6 Å². The highest BCUT2D eigenvalue weighted by Gasteiger charge is 2.42. The summed E-state index contributed by atoms with van der Waals surface area (Å²) < 4.78 is 1.85. The summed E-state index contributed by atoms with van der Waals surface area (Å²) in [6.07, 6.45) is 2.28. The smallest absolute Gasteiger partial charge is 0.321 e. The van der Waals surface area contributed by atoms with Crippen LogP contribution in [0.4, 0.5) is 10.5 Å². The summed E-state index contributed by atoms with van der Waals surface area (Å²) in [4.78, 5) is 25.3. The Hall–Kier alpha value is -3.35. The average Bonchev–Trinajstić information content (AvgIpc) is 3.27. The molecule has 2 amide bonds. The largest absolute Gasteiger partial charge is 0.481 e. The van der Waals surface area contributed by atoms with Crippen LogP contribution in [0.5, 0.6) is 0 Å². The zero-order valence-corrected chi connectivity index (χ0v) is 14.9. The van der Waals surface area contributed by atoms with E-state index in [1.165, 1.54) is 0 Å². The Morgan fingerprint density at radius 3 is 2.59 bits per heavy atom. The zero-order chi connectivity index (χ0) is 19.0. The Kier molecular flexibility index (Phi) is 4.07. The second kappa shape index (κ2) is 6.42. The second-order valence-electron chi connectivity index (χ2n) is 7.13. The van der Waals surface area contributed by atoms with Crippen molar-refractivity contribution in [3.63, 3.8) is 0 Å². The molecule has 0 bridgehead atoms. The van der Waals surface area contributed by atoms with E-state index in [1.807, 2.05) is 59.4 Å². The van der Waals surface area contributed by atoms with Gasteiger partial charge in [-0.15, -0.1) is 0 Å². The van der Waals surface area contributed by atoms with Crippen molar-refractivity contribution in [3.05, 3.63) is 54.7 Å². The summed E-state index contributed by atoms with van der Waals surface area (Å²) in [5, 5.41) is 17.6. The van der Waals surface area contributed by atoms with E-state index in [4.69, 9.17) is 0 Å². The molecule has 1 atom stereocenters. The van der Waals surface area contributed by atoms with Gasteiger partial charge in [-0.1, -0.05) is 18.2 Å². The first kappa shape index (κ1) is 17.1. The molecule has 1 fully saturated rings. The second-order valence-corrected chi connectivity index (χ2v) is 7.13. The number of carbonyl (C=O) groups excluding carboxylic acids is 1. The number of likely N-dealkylation sites (tertiary alicyclic amines) is 1. The molecule has 0 saturated carbocycles. The van der Waals surface area contributed by atoms with Gasteiger partial charge in [0.1, 0.15) is 0 Å². The molecule has 7 nitrogen and oxygen atoms in total. The van der Waals surface area contributed by atoms with Crippen molar-refractivity contribution in [1.82, 2.24) is 14.7 Å². The van der Waals surface area contributed by atoms with Gasteiger partial charge in [-0.3, -0.25) is 4.79 Å². The number of fused-ring (bicyclic) bond motifs is 1. The first-order valence-corrected chi connectivity index (χ1v) is 8.79. The van der Waals surface area contributed by atoms with E-state index in [-0.39, 0.29) is 12.6 Å². The molecule has 2 heterocycles. The third kappa shape index (κ3) is 3.12. The van der Waals surface area contributed by atoms with Gasteiger partial charge in [0.15, 0.2) is 0 Å². The highest BCUT2D eigenvalue weighted by Crippen LogP contribution is 2.30. The van der Waals surface area contributed by atoms with Crippen LogP contribution >= 0.6 is 0 Å². The number of hydrogen-bond donors (Lipinski definition) is 2. The molecule has 4 rings (SSSR count). The van der Waals surface area contributed by atoms with Crippen LogP contribution in [0.25, 0.3) is 16.6 Å². The van der Waals surface area contributed by atoms with E-state index in [2.05, 4.69) is 10.4 Å². The number of aromatic nitrogens is 2. The van der Waals surface area contributed by atoms with Crippen LogP contribution in [-0.4, -0.2) is 44.9 Å². The minimum atomic E-state index is -0.873. The minimum Gasteiger partial charge on any atom is -0.481 e. The lowest BCUT2D eigenvalue weighted by atomic mass is 9.90. The van der Waals surface area contributed by atoms with Crippen molar-refractivity contribution in [2.24, 2.45) is 5.41 Å². The van der Waals surface area contributed by atoms with Gasteiger partial charge in [0.25, 0.3) is 0 Å². The van der Waals surface area contributed by atoms with Crippen LogP contribution in [0.15, 0.2) is 54.7 Å². The van der Waals surface area contributed by atoms with Gasteiger partial charge >= 0.3 is 12.0 Å². The highest BCUT2D eigenvalue weighted by atomic mass is 16.4. The number of carboxylic acids is 1. The summed E-state index contributed by atoms with van der Waals surface area (Å²) in [7, 11) is 0. The van der Waals surface area contributed by atoms with Gasteiger partial charge in [-0.05, 0) is 43.7 Å². The number of aliphatic carboxylic acids is 1. The van der Waals surface area contributed by atoms with Crippen molar-refractivity contribution in [2.75, 3.05) is 18.4 Å². The fourth-order valence-electron chi connectivity index (χ4n) is 3.37. The number of benzene rings is 2. The Morgan fingerprint density at radius 1 is 1.15 bits per heavy atom. The number of para-hydroxylation sites is 1. The average molecular weight is 364 g/mol. The number of carboxylic acid groups (broad SMARTS) is 1. The molecule has 1 saturated heterocycles. The minimum absolute atomic E-state index is 0.214. The molecule has 27 heavy (non-hydrogen) atoms. The fourth-order valence-corrected chi connectivity index (χ4v) is 3.37. The molecule has 1 aliphatic rings. The highest BCUT2D eigenvalue weighted by molar-refractivity contribution is 5.90. The van der Waals surface area contributed by atoms with E-state index >= 15 is 0 Å². The predicted octanol–water partition coefficient (Wildman–Crippen LogP) is 3.35. The van der Waals surface area contributed by atoms with Crippen molar-refractivity contribution in [3.8, 4) is 5.69 Å². The van der Waals surface area contributed by atoms with Gasteiger partial charge < -0.3 is 15.3 Å². The molecule has 0 radical (unpaired) electrons. The summed E-state index contributed by atoms with van der Waals surface area (Å²) in [6, 6.07) is 15.1. The fraction of sp³-hybridized carbons (Fsp3) is 0.250. The van der Waals surface area contributed by atoms with Crippen LogP contribution < -0.4 is 5.32 Å². The number of nitrogens with one attached hydrogen (secondary N) is 1. The Morgan fingerprint density at radius 2 is 1.89 bits per heavy atom. The van der Waals surface area contributed by atoms with Gasteiger partial charge in [0.2, 0.25) is 0 Å². The quantitative estimate of drug-likeness (QED) is 0.746. The number of rotatable bonds is 3. The standard InChI is InChI=1S/C20H20N4O3/c1-20(18(25)26)10-11-23(13-20)19(27)22-15-6-8-16(9-7-15)24-17-5-3-2-4-14(17)12-21-24/h2-9,12H,10-11,13H2,1H3,(H,22,27)(H,25,26). The van der Waals surface area contributed by atoms with Crippen LogP contribution in [-0.2, 0) is 4.79 Å². The monoisotopic (exact) mass is 364 g/mol. The van der Waals surface area contributed by atoms with Crippen molar-refractivity contribution < 1.29 is 14.7 Å². The summed E-state index contributed by atoms with van der Waals surface area (Å²) in [5.74, 6) is -0.867. The molecule has 1 aromatic heterocycles. The predicted molar refractivity (Wildman–Crippen MR) is 102 cm³/mol. The number of carbonyl (C=O) groups is 2. The van der Waals surface area contributed by atoms with Gasteiger partial charge in [0.05, 0.1) is 22.8 Å². The first-order chi connectivity index (χ1) is 13.0. The van der Waals surface area contributed by atoms with E-state index < -0.39 is 11.4 Å². The number of anilines is 1.